The molecule has 3 aromatic rings. The minimum atomic E-state index is -3.91. The molecule has 2 aromatic carbocycles. The summed E-state index contributed by atoms with van der Waals surface area (Å²) >= 11 is 7.46. The molecule has 32 heavy (non-hydrogen) atoms. The van der Waals surface area contributed by atoms with Crippen LogP contribution in [0.2, 0.25) is 5.02 Å². The molecule has 1 fully saturated rings. The van der Waals surface area contributed by atoms with Crippen molar-refractivity contribution in [1.82, 2.24) is 9.88 Å². The maximum atomic E-state index is 14.9. The maximum absolute atomic E-state index is 14.9. The van der Waals surface area contributed by atoms with Crippen molar-refractivity contribution in [3.63, 3.8) is 0 Å². The summed E-state index contributed by atoms with van der Waals surface area (Å²) in [6.07, 6.45) is 1.45. The summed E-state index contributed by atoms with van der Waals surface area (Å²) in [5, 5.41) is 1.32. The van der Waals surface area contributed by atoms with Crippen molar-refractivity contribution in [2.75, 3.05) is 13.1 Å². The van der Waals surface area contributed by atoms with Crippen LogP contribution in [-0.2, 0) is 15.6 Å². The number of piperidine rings is 1. The molecule has 1 saturated heterocycles. The molecule has 4 rings (SSSR count). The number of hydrogen-bond donors (Lipinski definition) is 0. The first-order valence-electron chi connectivity index (χ1n) is 10.4. The van der Waals surface area contributed by atoms with E-state index < -0.39 is 20.5 Å². The second kappa shape index (κ2) is 9.87. The zero-order valence-electron chi connectivity index (χ0n) is 17.6. The summed E-state index contributed by atoms with van der Waals surface area (Å²) in [7, 11) is -3.91. The molecule has 0 radical (unpaired) electrons. The number of ether oxygens (including phenoxy) is 1. The average molecular weight is 495 g/mol. The van der Waals surface area contributed by atoms with Gasteiger partial charge in [0.05, 0.1) is 17.0 Å². The van der Waals surface area contributed by atoms with E-state index in [2.05, 4.69) is 28.9 Å². The number of likely N-dealkylation sites (tertiary alicyclic amines) is 1. The Labute approximate surface area is 196 Å². The Hall–Kier alpha value is -2.00. The van der Waals surface area contributed by atoms with Gasteiger partial charge in [0.15, 0.2) is 15.7 Å². The molecule has 1 aliphatic rings. The SMILES string of the molecule is C[C@H](c1ccccc1)N1CCC(Oc2ccc(S(=O)(=O)Cc3cscn3)c(F)c2Cl)CC1. The lowest BCUT2D eigenvalue weighted by Crippen LogP contribution is -2.39. The average Bonchev–Trinajstić information content (AvgIpc) is 3.30. The highest BCUT2D eigenvalue weighted by atomic mass is 35.5. The summed E-state index contributed by atoms with van der Waals surface area (Å²) in [6, 6.07) is 13.3. The van der Waals surface area contributed by atoms with Crippen molar-refractivity contribution in [3.8, 4) is 5.75 Å². The Bertz CT molecular complexity index is 1150. The summed E-state index contributed by atoms with van der Waals surface area (Å²) < 4.78 is 46.1. The first kappa shape index (κ1) is 23.2. The van der Waals surface area contributed by atoms with Gasteiger partial charge < -0.3 is 4.74 Å². The van der Waals surface area contributed by atoms with Gasteiger partial charge in [0.25, 0.3) is 0 Å². The van der Waals surface area contributed by atoms with Gasteiger partial charge in [0.2, 0.25) is 0 Å². The van der Waals surface area contributed by atoms with Crippen LogP contribution in [0.25, 0.3) is 0 Å². The van der Waals surface area contributed by atoms with Gasteiger partial charge in [0.1, 0.15) is 21.8 Å². The standard InChI is InChI=1S/C23H24ClFN2O3S2/c1-16(17-5-3-2-4-6-17)27-11-9-19(10-12-27)30-20-7-8-21(23(25)22(20)24)32(28,29)14-18-13-31-15-26-18/h2-8,13,15-16,19H,9-12,14H2,1H3/t16-/m1/s1. The first-order chi connectivity index (χ1) is 15.3. The fraction of sp³-hybridized carbons (Fsp3) is 0.348. The third-order valence-electron chi connectivity index (χ3n) is 5.77. The molecule has 0 saturated carbocycles. The number of benzene rings is 2. The van der Waals surface area contributed by atoms with Crippen molar-refractivity contribution in [2.45, 2.75) is 42.6 Å². The molecule has 0 aliphatic carbocycles. The Kier molecular flexibility index (Phi) is 7.14. The summed E-state index contributed by atoms with van der Waals surface area (Å²) in [6.45, 7) is 3.88. The summed E-state index contributed by atoms with van der Waals surface area (Å²) in [5.41, 5.74) is 3.19. The normalized spacial score (nSPS) is 16.7. The molecule has 5 nitrogen and oxygen atoms in total. The lowest BCUT2D eigenvalue weighted by Gasteiger charge is -2.36. The zero-order chi connectivity index (χ0) is 22.7. The lowest BCUT2D eigenvalue weighted by atomic mass is 10.0. The first-order valence-corrected chi connectivity index (χ1v) is 13.4. The molecule has 0 unspecified atom stereocenters. The van der Waals surface area contributed by atoms with Crippen LogP contribution in [0.15, 0.2) is 58.3 Å². The molecule has 170 valence electrons. The number of sulfone groups is 1. The van der Waals surface area contributed by atoms with E-state index in [1.807, 2.05) is 18.2 Å². The van der Waals surface area contributed by atoms with Crippen LogP contribution in [0.3, 0.4) is 0 Å². The second-order valence-corrected chi connectivity index (χ2v) is 10.9. The van der Waals surface area contributed by atoms with Gasteiger partial charge in [-0.25, -0.2) is 17.8 Å². The molecule has 0 spiro atoms. The van der Waals surface area contributed by atoms with Gasteiger partial charge in [-0.1, -0.05) is 41.9 Å². The molecular formula is C23H24ClFN2O3S2. The highest BCUT2D eigenvalue weighted by Crippen LogP contribution is 2.35. The van der Waals surface area contributed by atoms with Crippen molar-refractivity contribution in [1.29, 1.82) is 0 Å². The molecule has 0 amide bonds. The molecule has 0 bridgehead atoms. The Balaban J connectivity index is 1.41. The Morgan fingerprint density at radius 2 is 1.94 bits per heavy atom. The van der Waals surface area contributed by atoms with Crippen molar-refractivity contribution in [3.05, 3.63) is 75.5 Å². The van der Waals surface area contributed by atoms with Crippen LogP contribution in [0, 0.1) is 5.82 Å². The van der Waals surface area contributed by atoms with Gasteiger partial charge >= 0.3 is 0 Å². The van der Waals surface area contributed by atoms with Crippen LogP contribution in [0.1, 0.15) is 37.1 Å². The van der Waals surface area contributed by atoms with Crippen molar-refractivity contribution in [2.24, 2.45) is 0 Å². The van der Waals surface area contributed by atoms with E-state index >= 15 is 0 Å². The van der Waals surface area contributed by atoms with E-state index in [1.165, 1.54) is 34.5 Å². The van der Waals surface area contributed by atoms with E-state index in [4.69, 9.17) is 16.3 Å². The van der Waals surface area contributed by atoms with Gasteiger partial charge in [-0.05, 0) is 37.5 Å². The Morgan fingerprint density at radius 1 is 1.22 bits per heavy atom. The molecular weight excluding hydrogens is 471 g/mol. The molecule has 9 heteroatoms. The van der Waals surface area contributed by atoms with E-state index in [-0.39, 0.29) is 22.6 Å². The minimum Gasteiger partial charge on any atom is -0.489 e. The molecule has 2 heterocycles. The number of hydrogen-bond acceptors (Lipinski definition) is 6. The van der Waals surface area contributed by atoms with Crippen LogP contribution >= 0.6 is 22.9 Å². The number of thiazole rings is 1. The summed E-state index contributed by atoms with van der Waals surface area (Å²) in [5.74, 6) is -1.18. The van der Waals surface area contributed by atoms with Crippen molar-refractivity contribution >= 4 is 32.8 Å². The van der Waals surface area contributed by atoms with Gasteiger partial charge in [-0.2, -0.15) is 0 Å². The predicted octanol–water partition coefficient (Wildman–Crippen LogP) is 5.51. The third-order valence-corrected chi connectivity index (χ3v) is 8.42. The minimum absolute atomic E-state index is 0.108. The molecule has 0 N–H and O–H groups in total. The van der Waals surface area contributed by atoms with E-state index in [0.717, 1.165) is 25.9 Å². The summed E-state index contributed by atoms with van der Waals surface area (Å²) in [4.78, 5) is 5.93. The fourth-order valence-electron chi connectivity index (χ4n) is 3.93. The van der Waals surface area contributed by atoms with E-state index in [1.54, 1.807) is 5.38 Å². The number of rotatable bonds is 7. The van der Waals surface area contributed by atoms with E-state index in [9.17, 15) is 12.8 Å². The topological polar surface area (TPSA) is 59.5 Å². The molecule has 1 atom stereocenters. The maximum Gasteiger partial charge on any atom is 0.187 e. The van der Waals surface area contributed by atoms with Crippen LogP contribution < -0.4 is 4.74 Å². The monoisotopic (exact) mass is 494 g/mol. The lowest BCUT2D eigenvalue weighted by molar-refractivity contribution is 0.0795. The van der Waals surface area contributed by atoms with Crippen LogP contribution in [0.4, 0.5) is 4.39 Å². The molecule has 1 aliphatic heterocycles. The number of halogens is 2. The third kappa shape index (κ3) is 5.14. The number of nitrogens with zero attached hydrogens (tertiary/aromatic N) is 2. The predicted molar refractivity (Wildman–Crippen MR) is 124 cm³/mol. The highest BCUT2D eigenvalue weighted by Gasteiger charge is 2.28. The van der Waals surface area contributed by atoms with Gasteiger partial charge in [-0.15, -0.1) is 11.3 Å². The largest absolute Gasteiger partial charge is 0.489 e. The quantitative estimate of drug-likeness (QED) is 0.433. The van der Waals surface area contributed by atoms with Crippen molar-refractivity contribution < 1.29 is 17.5 Å². The second-order valence-electron chi connectivity index (χ2n) is 7.87. The smallest absolute Gasteiger partial charge is 0.187 e. The van der Waals surface area contributed by atoms with Gasteiger partial charge in [0, 0.05) is 24.5 Å². The highest BCUT2D eigenvalue weighted by molar-refractivity contribution is 7.90. The fourth-order valence-corrected chi connectivity index (χ4v) is 6.21. The van der Waals surface area contributed by atoms with E-state index in [0.29, 0.717) is 11.7 Å². The Morgan fingerprint density at radius 3 is 2.59 bits per heavy atom. The van der Waals surface area contributed by atoms with Crippen LogP contribution in [-0.4, -0.2) is 37.5 Å². The van der Waals surface area contributed by atoms with Crippen LogP contribution in [0.5, 0.6) is 5.75 Å². The number of aromatic nitrogens is 1. The van der Waals surface area contributed by atoms with Gasteiger partial charge in [-0.3, -0.25) is 4.90 Å². The zero-order valence-corrected chi connectivity index (χ0v) is 20.0. The molecule has 1 aromatic heterocycles.